The minimum Gasteiger partial charge on any atom is -0.290 e. The van der Waals surface area contributed by atoms with Crippen LogP contribution in [0.25, 0.3) is 11.1 Å². The van der Waals surface area contributed by atoms with Crippen LogP contribution in [0.3, 0.4) is 0 Å². The molecule has 0 unspecified atom stereocenters. The highest BCUT2D eigenvalue weighted by molar-refractivity contribution is 6.61. The van der Waals surface area contributed by atoms with Crippen molar-refractivity contribution in [2.45, 2.75) is 6.42 Å². The van der Waals surface area contributed by atoms with E-state index in [0.29, 0.717) is 12.8 Å². The van der Waals surface area contributed by atoms with Gasteiger partial charge in [0, 0.05) is 5.56 Å². The Hall–Kier alpha value is -2.86. The summed E-state index contributed by atoms with van der Waals surface area (Å²) in [5, 5.41) is 9.06. The van der Waals surface area contributed by atoms with Crippen molar-refractivity contribution in [1.29, 1.82) is 5.26 Å². The number of nitriles is 1. The first-order valence-electron chi connectivity index (χ1n) is 7.25. The number of allylic oxidation sites excluding steroid dienone is 3. The fraction of sp³-hybridized carbons (Fsp3) is 0.0526. The Morgan fingerprint density at radius 3 is 2.59 bits per heavy atom. The van der Waals surface area contributed by atoms with Crippen molar-refractivity contribution in [3.63, 3.8) is 0 Å². The highest BCUT2D eigenvalue weighted by atomic mass is 16.1. The molecule has 0 saturated carbocycles. The zero-order chi connectivity index (χ0) is 15.4. The van der Waals surface area contributed by atoms with Crippen LogP contribution >= 0.6 is 0 Å². The number of rotatable bonds is 4. The molecule has 104 valence electrons. The van der Waals surface area contributed by atoms with Gasteiger partial charge in [0.05, 0.1) is 12.5 Å². The van der Waals surface area contributed by atoms with Gasteiger partial charge in [-0.25, -0.2) is 0 Å². The Morgan fingerprint density at radius 1 is 1.09 bits per heavy atom. The van der Waals surface area contributed by atoms with Crippen molar-refractivity contribution in [1.82, 2.24) is 0 Å². The van der Waals surface area contributed by atoms with Gasteiger partial charge in [-0.05, 0) is 28.2 Å². The molecule has 22 heavy (non-hydrogen) atoms. The molecule has 0 radical (unpaired) electrons. The highest BCUT2D eigenvalue weighted by Crippen LogP contribution is 2.24. The zero-order valence-electron chi connectivity index (χ0n) is 12.1. The fourth-order valence-corrected chi connectivity index (χ4v) is 2.65. The predicted molar refractivity (Wildman–Crippen MR) is 89.9 cm³/mol. The predicted octanol–water partition coefficient (Wildman–Crippen LogP) is 3.45. The fourth-order valence-electron chi connectivity index (χ4n) is 2.65. The van der Waals surface area contributed by atoms with E-state index in [1.807, 2.05) is 66.7 Å². The van der Waals surface area contributed by atoms with E-state index < -0.39 is 0 Å². The third-order valence-electron chi connectivity index (χ3n) is 3.79. The Labute approximate surface area is 130 Å². The average molecular weight is 283 g/mol. The van der Waals surface area contributed by atoms with Crippen molar-refractivity contribution < 1.29 is 4.79 Å². The second-order valence-electron chi connectivity index (χ2n) is 5.23. The summed E-state index contributed by atoms with van der Waals surface area (Å²) in [6.45, 7) is 0. The third-order valence-corrected chi connectivity index (χ3v) is 3.79. The van der Waals surface area contributed by atoms with Gasteiger partial charge in [0.15, 0.2) is 13.1 Å². The minimum absolute atomic E-state index is 0.0230. The number of benzene rings is 2. The first kappa shape index (κ1) is 14.1. The summed E-state index contributed by atoms with van der Waals surface area (Å²) in [6, 6.07) is 17.9. The number of Topliss-reactive ketones (excluding diaryl/α,β-unsaturated/α-hetero) is 1. The lowest BCUT2D eigenvalue weighted by Gasteiger charge is -2.10. The summed E-state index contributed by atoms with van der Waals surface area (Å²) in [6.07, 6.45) is 3.99. The van der Waals surface area contributed by atoms with Crippen LogP contribution in [0, 0.1) is 11.3 Å². The summed E-state index contributed by atoms with van der Waals surface area (Å²) in [5.41, 5.74) is 4.33. The van der Waals surface area contributed by atoms with E-state index >= 15 is 0 Å². The number of carbonyl (C=O) groups excluding carboxylic acids is 1. The van der Waals surface area contributed by atoms with E-state index in [0.717, 1.165) is 22.2 Å². The smallest absolute Gasteiger partial charge is 0.188 e. The molecule has 1 heterocycles. The first-order chi connectivity index (χ1) is 10.8. The van der Waals surface area contributed by atoms with Gasteiger partial charge in [-0.3, -0.25) is 4.79 Å². The second-order valence-corrected chi connectivity index (χ2v) is 5.23. The molecule has 0 aliphatic carbocycles. The summed E-state index contributed by atoms with van der Waals surface area (Å²) in [7, 11) is 0.672. The molecule has 0 spiro atoms. The zero-order valence-corrected chi connectivity index (χ0v) is 12.1. The largest absolute Gasteiger partial charge is 0.290 e. The molecule has 2 aromatic carbocycles. The molecule has 2 nitrogen and oxygen atoms in total. The maximum Gasteiger partial charge on any atom is 0.188 e. The molecule has 0 amide bonds. The van der Waals surface area contributed by atoms with E-state index in [9.17, 15) is 4.79 Å². The van der Waals surface area contributed by atoms with Crippen molar-refractivity contribution in [2.75, 3.05) is 0 Å². The van der Waals surface area contributed by atoms with E-state index in [2.05, 4.69) is 6.07 Å². The molecule has 2 aromatic rings. The molecular formula is C19H14BNO. The van der Waals surface area contributed by atoms with Crippen LogP contribution < -0.4 is 0 Å². The maximum atomic E-state index is 12.6. The topological polar surface area (TPSA) is 40.9 Å². The Morgan fingerprint density at radius 2 is 1.91 bits per heavy atom. The third kappa shape index (κ3) is 2.77. The van der Waals surface area contributed by atoms with E-state index in [1.54, 1.807) is 0 Å². The number of ketones is 1. The van der Waals surface area contributed by atoms with Crippen molar-refractivity contribution in [3.05, 3.63) is 83.3 Å². The van der Waals surface area contributed by atoms with Gasteiger partial charge in [0.25, 0.3) is 0 Å². The molecule has 0 aromatic heterocycles. The van der Waals surface area contributed by atoms with Gasteiger partial charge in [0.1, 0.15) is 0 Å². The average Bonchev–Trinajstić information content (AvgIpc) is 3.10. The lowest BCUT2D eigenvalue weighted by atomic mass is 9.69. The van der Waals surface area contributed by atoms with Crippen molar-refractivity contribution >= 4 is 13.1 Å². The molecular weight excluding hydrogens is 269 g/mol. The van der Waals surface area contributed by atoms with Crippen LogP contribution in [-0.2, 0) is 6.42 Å². The van der Waals surface area contributed by atoms with Gasteiger partial charge < -0.3 is 0 Å². The number of nitrogens with zero attached hydrogens (tertiary/aromatic N) is 1. The van der Waals surface area contributed by atoms with Crippen LogP contribution in [0.15, 0.2) is 72.1 Å². The molecule has 3 heteroatoms. The lowest BCUT2D eigenvalue weighted by Crippen LogP contribution is -2.09. The summed E-state index contributed by atoms with van der Waals surface area (Å²) >= 11 is 0. The van der Waals surface area contributed by atoms with Crippen LogP contribution in [-0.4, -0.2) is 13.1 Å². The minimum atomic E-state index is 0.0230. The molecule has 0 saturated heterocycles. The molecule has 0 fully saturated rings. The van der Waals surface area contributed by atoms with E-state index in [1.165, 1.54) is 0 Å². The maximum absolute atomic E-state index is 12.6. The van der Waals surface area contributed by atoms with Gasteiger partial charge >= 0.3 is 0 Å². The van der Waals surface area contributed by atoms with Gasteiger partial charge in [-0.2, -0.15) is 5.26 Å². The second kappa shape index (κ2) is 6.28. The Bertz CT molecular complexity index is 813. The molecule has 1 aliphatic heterocycles. The SMILES string of the molecule is N#CCc1cc(-c2ccccc2)ccc1C(=O)C1=CC=CB1. The summed E-state index contributed by atoms with van der Waals surface area (Å²) < 4.78 is 0. The monoisotopic (exact) mass is 283 g/mol. The van der Waals surface area contributed by atoms with E-state index in [4.69, 9.17) is 5.26 Å². The Balaban J connectivity index is 2.01. The standard InChI is InChI=1S/C19H14BNO/c21-12-10-16-13-15(14-5-2-1-3-6-14)8-9-17(16)19(22)18-7-4-11-20-18/h1-9,11,13,20H,10H2. The lowest BCUT2D eigenvalue weighted by molar-refractivity contribution is 0.104. The molecule has 3 rings (SSSR count). The number of hydrogen-bond acceptors (Lipinski definition) is 2. The molecule has 0 N–H and O–H groups in total. The van der Waals surface area contributed by atoms with Crippen molar-refractivity contribution in [3.8, 4) is 17.2 Å². The Kier molecular flexibility index (Phi) is 4.02. The quantitative estimate of drug-likeness (QED) is 0.637. The molecule has 0 atom stereocenters. The van der Waals surface area contributed by atoms with Crippen LogP contribution in [0.4, 0.5) is 0 Å². The van der Waals surface area contributed by atoms with Crippen LogP contribution in [0.1, 0.15) is 15.9 Å². The van der Waals surface area contributed by atoms with Crippen LogP contribution in [0.5, 0.6) is 0 Å². The van der Waals surface area contributed by atoms with Crippen LogP contribution in [0.2, 0.25) is 0 Å². The van der Waals surface area contributed by atoms with Gasteiger partial charge in [0.2, 0.25) is 0 Å². The van der Waals surface area contributed by atoms with Crippen molar-refractivity contribution in [2.24, 2.45) is 0 Å². The summed E-state index contributed by atoms with van der Waals surface area (Å²) in [5.74, 6) is 1.99. The van der Waals surface area contributed by atoms with E-state index in [-0.39, 0.29) is 12.2 Å². The summed E-state index contributed by atoms with van der Waals surface area (Å²) in [4.78, 5) is 12.6. The number of hydrogen-bond donors (Lipinski definition) is 0. The molecule has 1 aliphatic rings. The first-order valence-corrected chi connectivity index (χ1v) is 7.25. The molecule has 0 bridgehead atoms. The number of carbonyl (C=O) groups is 1. The van der Waals surface area contributed by atoms with Gasteiger partial charge in [-0.15, -0.1) is 5.98 Å². The highest BCUT2D eigenvalue weighted by Gasteiger charge is 2.17. The normalized spacial score (nSPS) is 12.4. The van der Waals surface area contributed by atoms with Gasteiger partial charge in [-0.1, -0.05) is 54.6 Å².